The first-order valence-electron chi connectivity index (χ1n) is 16.5. The Morgan fingerprint density at radius 3 is 1.21 bits per heavy atom. The largest absolute Gasteiger partial charge is 0.496 e. The molecule has 0 saturated carbocycles. The lowest BCUT2D eigenvalue weighted by Gasteiger charge is -2.32. The van der Waals surface area contributed by atoms with Gasteiger partial charge in [0, 0.05) is 0 Å². The number of hydrogen-bond acceptors (Lipinski definition) is 2. The molecule has 8 aromatic rings. The van der Waals surface area contributed by atoms with Crippen LogP contribution in [0.15, 0.2) is 140 Å². The van der Waals surface area contributed by atoms with Crippen molar-refractivity contribution in [3.8, 4) is 22.3 Å². The molecule has 226 valence electrons. The number of fused-ring (bicyclic) bond motifs is 5. The minimum absolute atomic E-state index is 0.441. The summed E-state index contributed by atoms with van der Waals surface area (Å²) in [5.74, 6) is 0. The lowest BCUT2D eigenvalue weighted by atomic mass is 9.71. The maximum absolute atomic E-state index is 6.73. The molecule has 1 aliphatic heterocycles. The molecule has 8 aromatic carbocycles. The molecule has 0 amide bonds. The van der Waals surface area contributed by atoms with Gasteiger partial charge in [0.15, 0.2) is 0 Å². The van der Waals surface area contributed by atoms with E-state index in [4.69, 9.17) is 9.31 Å². The molecule has 0 aliphatic carbocycles. The molecular weight excluding hydrogens is 571 g/mol. The maximum atomic E-state index is 6.73. The third-order valence-electron chi connectivity index (χ3n) is 10.7. The van der Waals surface area contributed by atoms with E-state index in [9.17, 15) is 0 Å². The highest BCUT2D eigenvalue weighted by atomic mass is 16.7. The first kappa shape index (κ1) is 28.3. The lowest BCUT2D eigenvalue weighted by molar-refractivity contribution is 0.00578. The van der Waals surface area contributed by atoms with Crippen molar-refractivity contribution in [1.29, 1.82) is 0 Å². The van der Waals surface area contributed by atoms with Crippen molar-refractivity contribution in [2.24, 2.45) is 0 Å². The van der Waals surface area contributed by atoms with Gasteiger partial charge in [-0.05, 0) is 115 Å². The predicted molar refractivity (Wildman–Crippen MR) is 201 cm³/mol. The highest BCUT2D eigenvalue weighted by Gasteiger charge is 2.52. The van der Waals surface area contributed by atoms with Crippen LogP contribution in [0.1, 0.15) is 27.7 Å². The van der Waals surface area contributed by atoms with Crippen LogP contribution in [0.4, 0.5) is 0 Å². The number of rotatable bonds is 3. The van der Waals surface area contributed by atoms with Gasteiger partial charge in [0.05, 0.1) is 11.2 Å². The third kappa shape index (κ3) is 4.20. The van der Waals surface area contributed by atoms with E-state index in [-0.39, 0.29) is 0 Å². The SMILES string of the molecule is CC1(C)OB(c2c3ccccc3c(-c3c4ccccc4c(-c4ccc5ccccc5c4)c4ccccc34)c3ccccc23)OC1(C)C. The molecule has 0 spiro atoms. The topological polar surface area (TPSA) is 18.5 Å². The van der Waals surface area contributed by atoms with Crippen molar-refractivity contribution in [2.45, 2.75) is 38.9 Å². The van der Waals surface area contributed by atoms with Crippen molar-refractivity contribution >= 4 is 66.4 Å². The second kappa shape index (κ2) is 10.3. The average Bonchev–Trinajstić information content (AvgIpc) is 3.31. The Labute approximate surface area is 275 Å². The van der Waals surface area contributed by atoms with Crippen LogP contribution < -0.4 is 5.46 Å². The average molecular weight is 607 g/mol. The van der Waals surface area contributed by atoms with E-state index < -0.39 is 18.3 Å². The molecule has 3 heteroatoms. The summed E-state index contributed by atoms with van der Waals surface area (Å²) in [5.41, 5.74) is 5.22. The van der Waals surface area contributed by atoms with Crippen LogP contribution in [0, 0.1) is 0 Å². The van der Waals surface area contributed by atoms with Crippen LogP contribution in [0.25, 0.3) is 76.1 Å². The molecule has 1 aliphatic rings. The van der Waals surface area contributed by atoms with Crippen LogP contribution in [0.5, 0.6) is 0 Å². The predicted octanol–water partition coefficient (Wildman–Crippen LogP) is 11.1. The minimum atomic E-state index is -0.479. The summed E-state index contributed by atoms with van der Waals surface area (Å²) in [6.07, 6.45) is 0. The Morgan fingerprint density at radius 2 is 0.745 bits per heavy atom. The fraction of sp³-hybridized carbons (Fsp3) is 0.136. The zero-order valence-corrected chi connectivity index (χ0v) is 27.2. The monoisotopic (exact) mass is 606 g/mol. The molecular formula is C44H35BO2. The van der Waals surface area contributed by atoms with Crippen LogP contribution in [-0.2, 0) is 9.31 Å². The van der Waals surface area contributed by atoms with Gasteiger partial charge in [-0.2, -0.15) is 0 Å². The molecule has 1 heterocycles. The second-order valence-electron chi connectivity index (χ2n) is 13.9. The van der Waals surface area contributed by atoms with Crippen molar-refractivity contribution in [1.82, 2.24) is 0 Å². The maximum Gasteiger partial charge on any atom is 0.496 e. The molecule has 0 aromatic heterocycles. The molecule has 1 saturated heterocycles. The second-order valence-corrected chi connectivity index (χ2v) is 13.9. The standard InChI is InChI=1S/C44H35BO2/c1-43(2)44(3,4)47-45(46-43)42-37-23-13-11-21-35(37)41(36-22-12-14-24-38(36)42)40-33-19-9-7-17-31(33)39(32-18-8-10-20-34(32)40)30-26-25-28-15-5-6-16-29(28)27-30/h5-27H,1-4H3. The van der Waals surface area contributed by atoms with Crippen LogP contribution in [-0.4, -0.2) is 18.3 Å². The van der Waals surface area contributed by atoms with Gasteiger partial charge in [-0.25, -0.2) is 0 Å². The zero-order chi connectivity index (χ0) is 31.9. The van der Waals surface area contributed by atoms with Gasteiger partial charge < -0.3 is 9.31 Å². The van der Waals surface area contributed by atoms with Gasteiger partial charge in [-0.1, -0.05) is 133 Å². The molecule has 0 unspecified atom stereocenters. The molecule has 0 radical (unpaired) electrons. The van der Waals surface area contributed by atoms with Crippen LogP contribution >= 0.6 is 0 Å². The van der Waals surface area contributed by atoms with Gasteiger partial charge in [0.2, 0.25) is 0 Å². The molecule has 2 nitrogen and oxygen atoms in total. The van der Waals surface area contributed by atoms with E-state index in [1.165, 1.54) is 65.3 Å². The van der Waals surface area contributed by atoms with Crippen LogP contribution in [0.3, 0.4) is 0 Å². The van der Waals surface area contributed by atoms with Crippen molar-refractivity contribution in [3.63, 3.8) is 0 Å². The normalized spacial score (nSPS) is 15.8. The van der Waals surface area contributed by atoms with E-state index in [1.54, 1.807) is 0 Å². The Morgan fingerprint density at radius 1 is 0.383 bits per heavy atom. The Balaban J connectivity index is 1.41. The number of hydrogen-bond donors (Lipinski definition) is 0. The van der Waals surface area contributed by atoms with Gasteiger partial charge in [-0.15, -0.1) is 0 Å². The number of benzene rings is 8. The summed E-state index contributed by atoms with van der Waals surface area (Å²) in [6.45, 7) is 8.50. The van der Waals surface area contributed by atoms with Gasteiger partial charge in [0.1, 0.15) is 0 Å². The molecule has 0 bridgehead atoms. The Bertz CT molecular complexity index is 2410. The zero-order valence-electron chi connectivity index (χ0n) is 27.2. The summed E-state index contributed by atoms with van der Waals surface area (Å²) in [7, 11) is -0.479. The molecule has 9 rings (SSSR count). The van der Waals surface area contributed by atoms with Gasteiger partial charge in [0.25, 0.3) is 0 Å². The van der Waals surface area contributed by atoms with E-state index in [1.807, 2.05) is 0 Å². The Hall–Kier alpha value is -4.96. The minimum Gasteiger partial charge on any atom is -0.399 e. The third-order valence-corrected chi connectivity index (χ3v) is 10.7. The summed E-state index contributed by atoms with van der Waals surface area (Å²) in [6, 6.07) is 50.9. The quantitative estimate of drug-likeness (QED) is 0.147. The van der Waals surface area contributed by atoms with Gasteiger partial charge in [-0.3, -0.25) is 0 Å². The summed E-state index contributed by atoms with van der Waals surface area (Å²) >= 11 is 0. The van der Waals surface area contributed by atoms with E-state index in [2.05, 4.69) is 167 Å². The van der Waals surface area contributed by atoms with Crippen molar-refractivity contribution in [3.05, 3.63) is 140 Å². The van der Waals surface area contributed by atoms with Gasteiger partial charge >= 0.3 is 7.12 Å². The van der Waals surface area contributed by atoms with Crippen LogP contribution in [0.2, 0.25) is 0 Å². The van der Waals surface area contributed by atoms with E-state index in [0.29, 0.717) is 0 Å². The fourth-order valence-corrected chi connectivity index (χ4v) is 7.70. The smallest absolute Gasteiger partial charge is 0.399 e. The highest BCUT2D eigenvalue weighted by molar-refractivity contribution is 6.69. The highest BCUT2D eigenvalue weighted by Crippen LogP contribution is 2.48. The van der Waals surface area contributed by atoms with Crippen molar-refractivity contribution in [2.75, 3.05) is 0 Å². The molecule has 0 atom stereocenters. The van der Waals surface area contributed by atoms with E-state index in [0.717, 1.165) is 16.2 Å². The Kier molecular flexibility index (Phi) is 6.18. The first-order valence-corrected chi connectivity index (χ1v) is 16.5. The molecule has 1 fully saturated rings. The molecule has 47 heavy (non-hydrogen) atoms. The summed E-state index contributed by atoms with van der Waals surface area (Å²) in [4.78, 5) is 0. The summed E-state index contributed by atoms with van der Waals surface area (Å²) in [5, 5.41) is 12.2. The lowest BCUT2D eigenvalue weighted by Crippen LogP contribution is -2.41. The fourth-order valence-electron chi connectivity index (χ4n) is 7.70. The van der Waals surface area contributed by atoms with E-state index >= 15 is 0 Å². The van der Waals surface area contributed by atoms with Crippen molar-refractivity contribution < 1.29 is 9.31 Å². The summed E-state index contributed by atoms with van der Waals surface area (Å²) < 4.78 is 13.5. The first-order chi connectivity index (χ1) is 22.8. The molecule has 0 N–H and O–H groups in total.